The van der Waals surface area contributed by atoms with Crippen molar-refractivity contribution in [2.45, 2.75) is 67.0 Å². The van der Waals surface area contributed by atoms with E-state index < -0.39 is 0 Å². The van der Waals surface area contributed by atoms with Gasteiger partial charge in [0.25, 0.3) is 0 Å². The molecule has 180 valence electrons. The molecule has 1 aliphatic carbocycles. The Labute approximate surface area is 214 Å². The largest absolute Gasteiger partial charge is 0.311 e. The van der Waals surface area contributed by atoms with E-state index in [1.807, 2.05) is 12.4 Å². The molecule has 0 unspecified atom stereocenters. The van der Waals surface area contributed by atoms with E-state index in [-0.39, 0.29) is 0 Å². The van der Waals surface area contributed by atoms with Crippen LogP contribution in [0.4, 0.5) is 0 Å². The van der Waals surface area contributed by atoms with Crippen molar-refractivity contribution in [1.82, 2.24) is 29.7 Å². The number of hydrogen-bond acceptors (Lipinski definition) is 7. The van der Waals surface area contributed by atoms with Gasteiger partial charge in [0.05, 0.1) is 35.1 Å². The summed E-state index contributed by atoms with van der Waals surface area (Å²) in [5.74, 6) is 0. The zero-order chi connectivity index (χ0) is 24.7. The SMILES string of the molecule is Cc1c(-c2cc(Sc3ncccc3C#N)c3c(C#N)cnn3c2)cnn1[C@H]1CC[C@]2(CCCN2)CC1. The Balaban J connectivity index is 1.37. The van der Waals surface area contributed by atoms with Crippen molar-refractivity contribution >= 4 is 17.3 Å². The number of pyridine rings is 2. The minimum atomic E-state index is 0.351. The molecule has 2 fully saturated rings. The van der Waals surface area contributed by atoms with Crippen LogP contribution in [0.15, 0.2) is 52.9 Å². The fourth-order valence-electron chi connectivity index (χ4n) is 5.82. The van der Waals surface area contributed by atoms with Gasteiger partial charge >= 0.3 is 0 Å². The Kier molecular flexibility index (Phi) is 5.75. The van der Waals surface area contributed by atoms with E-state index in [2.05, 4.69) is 45.2 Å². The zero-order valence-corrected chi connectivity index (χ0v) is 20.9. The van der Waals surface area contributed by atoms with E-state index in [4.69, 9.17) is 5.10 Å². The Hall–Kier alpha value is -3.66. The summed E-state index contributed by atoms with van der Waals surface area (Å²) in [6.45, 7) is 3.28. The second kappa shape index (κ2) is 9.09. The Morgan fingerprint density at radius 2 is 1.94 bits per heavy atom. The third-order valence-electron chi connectivity index (χ3n) is 7.74. The Bertz CT molecular complexity index is 1520. The van der Waals surface area contributed by atoms with Gasteiger partial charge in [-0.3, -0.25) is 4.68 Å². The van der Waals surface area contributed by atoms with Crippen molar-refractivity contribution < 1.29 is 0 Å². The number of hydrogen-bond donors (Lipinski definition) is 1. The maximum atomic E-state index is 9.67. The molecule has 4 aromatic heterocycles. The molecule has 2 aliphatic rings. The van der Waals surface area contributed by atoms with Gasteiger partial charge in [-0.15, -0.1) is 0 Å². The highest BCUT2D eigenvalue weighted by molar-refractivity contribution is 7.99. The summed E-state index contributed by atoms with van der Waals surface area (Å²) in [5.41, 5.74) is 5.21. The molecule has 1 N–H and O–H groups in total. The summed E-state index contributed by atoms with van der Waals surface area (Å²) in [6.07, 6.45) is 14.4. The number of fused-ring (bicyclic) bond motifs is 1. The van der Waals surface area contributed by atoms with Gasteiger partial charge < -0.3 is 5.32 Å². The molecule has 5 heterocycles. The van der Waals surface area contributed by atoms with Gasteiger partial charge in [-0.25, -0.2) is 9.50 Å². The van der Waals surface area contributed by atoms with E-state index in [0.717, 1.165) is 41.1 Å². The van der Waals surface area contributed by atoms with E-state index in [1.54, 1.807) is 29.0 Å². The Morgan fingerprint density at radius 3 is 2.69 bits per heavy atom. The molecule has 0 atom stereocenters. The minimum absolute atomic E-state index is 0.351. The van der Waals surface area contributed by atoms with Crippen LogP contribution < -0.4 is 5.32 Å². The molecule has 6 rings (SSSR count). The van der Waals surface area contributed by atoms with E-state index in [0.29, 0.717) is 33.3 Å². The number of aromatic nitrogens is 5. The molecular formula is C27H26N8S. The lowest BCUT2D eigenvalue weighted by atomic mass is 9.78. The molecule has 4 aromatic rings. The third-order valence-corrected chi connectivity index (χ3v) is 8.79. The highest BCUT2D eigenvalue weighted by atomic mass is 32.2. The standard InChI is InChI=1S/C27H26N8S/c1-18-23(16-33-35(18)22-5-8-27(9-6-22)7-3-11-31-27)20-12-24(25-21(14-29)15-32-34(25)17-20)36-26-19(13-28)4-2-10-30-26/h2,4,10,12,15-17,22,31H,3,5-9,11H2,1H3/t22-,27+. The summed E-state index contributed by atoms with van der Waals surface area (Å²) >= 11 is 1.38. The first-order valence-corrected chi connectivity index (χ1v) is 13.2. The summed E-state index contributed by atoms with van der Waals surface area (Å²) in [5, 5.41) is 32.9. The predicted molar refractivity (Wildman–Crippen MR) is 136 cm³/mol. The highest BCUT2D eigenvalue weighted by Crippen LogP contribution is 2.41. The fraction of sp³-hybridized carbons (Fsp3) is 0.370. The van der Waals surface area contributed by atoms with Gasteiger partial charge in [0.15, 0.2) is 0 Å². The summed E-state index contributed by atoms with van der Waals surface area (Å²) in [4.78, 5) is 5.24. The second-order valence-electron chi connectivity index (χ2n) is 9.76. The average Bonchev–Trinajstić information content (AvgIpc) is 3.64. The van der Waals surface area contributed by atoms with Crippen LogP contribution in [0.3, 0.4) is 0 Å². The normalized spacial score (nSPS) is 21.6. The van der Waals surface area contributed by atoms with Crippen molar-refractivity contribution in [2.75, 3.05) is 6.54 Å². The van der Waals surface area contributed by atoms with Crippen LogP contribution in [0.25, 0.3) is 16.6 Å². The van der Waals surface area contributed by atoms with Gasteiger partial charge in [-0.05, 0) is 70.2 Å². The fourth-order valence-corrected chi connectivity index (χ4v) is 6.85. The lowest BCUT2D eigenvalue weighted by Gasteiger charge is -2.38. The van der Waals surface area contributed by atoms with Crippen molar-refractivity contribution in [3.63, 3.8) is 0 Å². The molecule has 0 radical (unpaired) electrons. The molecule has 1 aliphatic heterocycles. The van der Waals surface area contributed by atoms with Crippen LogP contribution in [-0.2, 0) is 0 Å². The first kappa shape index (κ1) is 22.8. The smallest absolute Gasteiger partial charge is 0.119 e. The number of rotatable bonds is 4. The molecule has 0 amide bonds. The summed E-state index contributed by atoms with van der Waals surface area (Å²) < 4.78 is 3.95. The molecule has 8 nitrogen and oxygen atoms in total. The van der Waals surface area contributed by atoms with Gasteiger partial charge in [0, 0.05) is 39.6 Å². The average molecular weight is 495 g/mol. The molecule has 1 spiro atoms. The third kappa shape index (κ3) is 3.85. The monoisotopic (exact) mass is 494 g/mol. The summed E-state index contributed by atoms with van der Waals surface area (Å²) in [7, 11) is 0. The molecule has 36 heavy (non-hydrogen) atoms. The summed E-state index contributed by atoms with van der Waals surface area (Å²) in [6, 6.07) is 10.4. The van der Waals surface area contributed by atoms with E-state index in [1.165, 1.54) is 37.4 Å². The zero-order valence-electron chi connectivity index (χ0n) is 20.1. The number of nitriles is 2. The van der Waals surface area contributed by atoms with Crippen molar-refractivity contribution in [3.05, 3.63) is 59.8 Å². The maximum absolute atomic E-state index is 9.67. The lowest BCUT2D eigenvalue weighted by molar-refractivity contribution is 0.202. The van der Waals surface area contributed by atoms with Gasteiger partial charge in [0.2, 0.25) is 0 Å². The second-order valence-corrected chi connectivity index (χ2v) is 10.8. The van der Waals surface area contributed by atoms with Gasteiger partial charge in [-0.1, -0.05) is 11.8 Å². The van der Waals surface area contributed by atoms with Gasteiger partial charge in [0.1, 0.15) is 17.2 Å². The number of nitrogens with zero attached hydrogens (tertiary/aromatic N) is 7. The van der Waals surface area contributed by atoms with Crippen LogP contribution in [0.2, 0.25) is 0 Å². The lowest BCUT2D eigenvalue weighted by Crippen LogP contribution is -2.43. The van der Waals surface area contributed by atoms with Crippen LogP contribution in [0.5, 0.6) is 0 Å². The Morgan fingerprint density at radius 1 is 1.11 bits per heavy atom. The molecule has 1 saturated carbocycles. The maximum Gasteiger partial charge on any atom is 0.119 e. The van der Waals surface area contributed by atoms with Crippen LogP contribution >= 0.6 is 11.8 Å². The molecular weight excluding hydrogens is 468 g/mol. The van der Waals surface area contributed by atoms with Crippen LogP contribution in [0, 0.1) is 29.6 Å². The molecule has 1 saturated heterocycles. The molecule has 0 bridgehead atoms. The van der Waals surface area contributed by atoms with E-state index in [9.17, 15) is 10.5 Å². The topological polar surface area (TPSA) is 108 Å². The molecule has 9 heteroatoms. The minimum Gasteiger partial charge on any atom is -0.311 e. The quantitative estimate of drug-likeness (QED) is 0.424. The molecule has 0 aromatic carbocycles. The van der Waals surface area contributed by atoms with Crippen molar-refractivity contribution in [3.8, 4) is 23.3 Å². The van der Waals surface area contributed by atoms with Crippen LogP contribution in [0.1, 0.15) is 61.4 Å². The van der Waals surface area contributed by atoms with Gasteiger partial charge in [-0.2, -0.15) is 20.7 Å². The highest BCUT2D eigenvalue weighted by Gasteiger charge is 2.38. The van der Waals surface area contributed by atoms with E-state index >= 15 is 0 Å². The first-order valence-electron chi connectivity index (χ1n) is 12.3. The van der Waals surface area contributed by atoms with Crippen molar-refractivity contribution in [1.29, 1.82) is 10.5 Å². The predicted octanol–water partition coefficient (Wildman–Crippen LogP) is 5.03. The first-order chi connectivity index (χ1) is 17.6. The number of nitrogens with one attached hydrogen (secondary N) is 1. The van der Waals surface area contributed by atoms with Crippen LogP contribution in [-0.4, -0.2) is 36.5 Å². The van der Waals surface area contributed by atoms with Crippen molar-refractivity contribution in [2.24, 2.45) is 0 Å².